The van der Waals surface area contributed by atoms with Gasteiger partial charge in [-0.2, -0.15) is 13.2 Å². The summed E-state index contributed by atoms with van der Waals surface area (Å²) in [5.41, 5.74) is -0.130. The van der Waals surface area contributed by atoms with Crippen LogP contribution in [0.5, 0.6) is 0 Å². The molecule has 3 fully saturated rings. The molecular formula is C24H30F3N3O4. The van der Waals surface area contributed by atoms with E-state index in [9.17, 15) is 27.6 Å². The summed E-state index contributed by atoms with van der Waals surface area (Å²) in [5.74, 6) is -2.12. The van der Waals surface area contributed by atoms with Gasteiger partial charge in [0.1, 0.15) is 12.6 Å². The van der Waals surface area contributed by atoms with E-state index in [-0.39, 0.29) is 31.6 Å². The predicted octanol–water partition coefficient (Wildman–Crippen LogP) is 3.72. The van der Waals surface area contributed by atoms with Crippen LogP contribution in [-0.2, 0) is 20.9 Å². The lowest BCUT2D eigenvalue weighted by Crippen LogP contribution is -2.66. The molecule has 3 aliphatic rings. The topological polar surface area (TPSA) is 70.2 Å². The van der Waals surface area contributed by atoms with Crippen LogP contribution in [0.4, 0.5) is 18.0 Å². The Labute approximate surface area is 196 Å². The van der Waals surface area contributed by atoms with E-state index in [1.165, 1.54) is 4.90 Å². The van der Waals surface area contributed by atoms with Crippen molar-refractivity contribution in [3.8, 4) is 0 Å². The Morgan fingerprint density at radius 1 is 1.12 bits per heavy atom. The second-order valence-corrected chi connectivity index (χ2v) is 9.56. The summed E-state index contributed by atoms with van der Waals surface area (Å²) in [6.45, 7) is 3.64. The average molecular weight is 482 g/mol. The van der Waals surface area contributed by atoms with E-state index >= 15 is 0 Å². The lowest BCUT2D eigenvalue weighted by atomic mass is 10.00. The summed E-state index contributed by atoms with van der Waals surface area (Å²) >= 11 is 0. The van der Waals surface area contributed by atoms with Crippen molar-refractivity contribution in [2.75, 3.05) is 13.1 Å². The highest BCUT2D eigenvalue weighted by Gasteiger charge is 2.60. The van der Waals surface area contributed by atoms with Crippen LogP contribution in [0.1, 0.15) is 51.5 Å². The first-order valence-electron chi connectivity index (χ1n) is 11.8. The summed E-state index contributed by atoms with van der Waals surface area (Å²) in [6.07, 6.45) is -3.16. The molecule has 1 aromatic carbocycles. The molecule has 0 radical (unpaired) electrons. The molecular weight excluding hydrogens is 451 g/mol. The third-order valence-electron chi connectivity index (χ3n) is 7.31. The maximum atomic E-state index is 13.6. The lowest BCUT2D eigenvalue weighted by molar-refractivity contribution is -0.193. The number of rotatable bonds is 4. The second kappa shape index (κ2) is 9.11. The van der Waals surface area contributed by atoms with Crippen molar-refractivity contribution in [1.29, 1.82) is 0 Å². The molecule has 0 bridgehead atoms. The molecule has 0 N–H and O–H groups in total. The quantitative estimate of drug-likeness (QED) is 0.657. The minimum Gasteiger partial charge on any atom is -0.445 e. The van der Waals surface area contributed by atoms with Gasteiger partial charge in [0.2, 0.25) is 5.91 Å². The number of carbonyl (C=O) groups is 3. The molecule has 0 unspecified atom stereocenters. The van der Waals surface area contributed by atoms with E-state index in [4.69, 9.17) is 4.74 Å². The molecule has 10 heteroatoms. The van der Waals surface area contributed by atoms with Gasteiger partial charge < -0.3 is 14.5 Å². The molecule has 2 heterocycles. The zero-order valence-corrected chi connectivity index (χ0v) is 19.4. The van der Waals surface area contributed by atoms with E-state index in [0.29, 0.717) is 32.1 Å². The molecule has 1 saturated carbocycles. The molecule has 0 aromatic heterocycles. The minimum atomic E-state index is -4.94. The van der Waals surface area contributed by atoms with Crippen LogP contribution in [0.15, 0.2) is 30.3 Å². The number of piperazine rings is 1. The van der Waals surface area contributed by atoms with Crippen molar-refractivity contribution < 1.29 is 32.3 Å². The molecule has 1 aromatic rings. The van der Waals surface area contributed by atoms with Crippen LogP contribution in [0.3, 0.4) is 0 Å². The number of benzene rings is 1. The highest BCUT2D eigenvalue weighted by atomic mass is 19.4. The molecule has 3 atom stereocenters. The number of halogens is 3. The second-order valence-electron chi connectivity index (χ2n) is 9.56. The Hall–Kier alpha value is -2.78. The fraction of sp³-hybridized carbons (Fsp3) is 0.625. The predicted molar refractivity (Wildman–Crippen MR) is 116 cm³/mol. The number of alkyl halides is 3. The van der Waals surface area contributed by atoms with E-state index in [0.717, 1.165) is 10.5 Å². The van der Waals surface area contributed by atoms with Crippen molar-refractivity contribution in [2.24, 2.45) is 0 Å². The van der Waals surface area contributed by atoms with Gasteiger partial charge in [0, 0.05) is 25.2 Å². The Morgan fingerprint density at radius 2 is 1.79 bits per heavy atom. The van der Waals surface area contributed by atoms with E-state index in [1.807, 2.05) is 37.3 Å². The van der Waals surface area contributed by atoms with Gasteiger partial charge in [-0.1, -0.05) is 37.3 Å². The number of hydrogen-bond acceptors (Lipinski definition) is 4. The van der Waals surface area contributed by atoms with Gasteiger partial charge in [0.15, 0.2) is 0 Å². The smallest absolute Gasteiger partial charge is 0.445 e. The first kappa shape index (κ1) is 24.3. The van der Waals surface area contributed by atoms with Crippen molar-refractivity contribution >= 4 is 17.9 Å². The molecule has 1 spiro atoms. The molecule has 4 rings (SSSR count). The standard InChI is InChI=1S/C24H30F3N3O4/c1-3-18-13-29(21(32)24(25,26)27)23(11-12-23)15-28(18)20(31)19-10-9-16(2)30(19)22(33)34-14-17-7-5-4-6-8-17/h4-8,16,18-19H,3,9-15H2,1-2H3/t16-,18-,19+/m1/s1. The molecule has 7 nitrogen and oxygen atoms in total. The molecule has 1 aliphatic carbocycles. The monoisotopic (exact) mass is 481 g/mol. The van der Waals surface area contributed by atoms with Crippen molar-refractivity contribution in [2.45, 2.75) is 82.4 Å². The first-order chi connectivity index (χ1) is 16.1. The van der Waals surface area contributed by atoms with Gasteiger partial charge in [-0.3, -0.25) is 14.5 Å². The number of likely N-dealkylation sites (tertiary alicyclic amines) is 1. The number of nitrogens with zero attached hydrogens (tertiary/aromatic N) is 3. The molecule has 2 saturated heterocycles. The van der Waals surface area contributed by atoms with Crippen molar-refractivity contribution in [3.63, 3.8) is 0 Å². The van der Waals surface area contributed by atoms with E-state index < -0.39 is 35.8 Å². The molecule has 2 aliphatic heterocycles. The number of carbonyl (C=O) groups excluding carboxylic acids is 3. The highest BCUT2D eigenvalue weighted by molar-refractivity contribution is 5.88. The number of amides is 3. The summed E-state index contributed by atoms with van der Waals surface area (Å²) in [7, 11) is 0. The van der Waals surface area contributed by atoms with E-state index in [2.05, 4.69) is 0 Å². The van der Waals surface area contributed by atoms with Gasteiger partial charge in [-0.25, -0.2) is 4.79 Å². The van der Waals surface area contributed by atoms with Crippen LogP contribution >= 0.6 is 0 Å². The maximum Gasteiger partial charge on any atom is 0.471 e. The van der Waals surface area contributed by atoms with Gasteiger partial charge in [0.25, 0.3) is 0 Å². The van der Waals surface area contributed by atoms with Crippen LogP contribution in [-0.4, -0.2) is 75.5 Å². The summed E-state index contributed by atoms with van der Waals surface area (Å²) in [5, 5.41) is 0. The zero-order valence-electron chi connectivity index (χ0n) is 19.4. The third-order valence-corrected chi connectivity index (χ3v) is 7.31. The number of hydrogen-bond donors (Lipinski definition) is 0. The van der Waals surface area contributed by atoms with Crippen LogP contribution in [0.2, 0.25) is 0 Å². The van der Waals surface area contributed by atoms with Gasteiger partial charge in [-0.15, -0.1) is 0 Å². The lowest BCUT2D eigenvalue weighted by Gasteiger charge is -2.48. The number of ether oxygens (including phenoxy) is 1. The van der Waals surface area contributed by atoms with Crippen LogP contribution in [0, 0.1) is 0 Å². The minimum absolute atomic E-state index is 0.0595. The van der Waals surface area contributed by atoms with Crippen LogP contribution < -0.4 is 0 Å². The fourth-order valence-corrected chi connectivity index (χ4v) is 5.18. The first-order valence-corrected chi connectivity index (χ1v) is 11.8. The van der Waals surface area contributed by atoms with Crippen molar-refractivity contribution in [1.82, 2.24) is 14.7 Å². The van der Waals surface area contributed by atoms with Gasteiger partial charge in [-0.05, 0) is 44.6 Å². The van der Waals surface area contributed by atoms with Crippen molar-refractivity contribution in [3.05, 3.63) is 35.9 Å². The normalized spacial score (nSPS) is 26.0. The van der Waals surface area contributed by atoms with E-state index in [1.54, 1.807) is 11.8 Å². The summed E-state index contributed by atoms with van der Waals surface area (Å²) < 4.78 is 45.0. The summed E-state index contributed by atoms with van der Waals surface area (Å²) in [4.78, 5) is 42.6. The Balaban J connectivity index is 1.48. The SMILES string of the molecule is CC[C@@H]1CN(C(=O)C(F)(F)F)C2(CC2)CN1C(=O)[C@@H]1CC[C@@H](C)N1C(=O)OCc1ccccc1. The molecule has 186 valence electrons. The fourth-order valence-electron chi connectivity index (χ4n) is 5.18. The zero-order chi connectivity index (χ0) is 24.7. The van der Waals surface area contributed by atoms with Gasteiger partial charge in [0.05, 0.1) is 5.54 Å². The average Bonchev–Trinajstić information content (AvgIpc) is 3.47. The van der Waals surface area contributed by atoms with Crippen LogP contribution in [0.25, 0.3) is 0 Å². The molecule has 3 amide bonds. The van der Waals surface area contributed by atoms with Gasteiger partial charge >= 0.3 is 18.2 Å². The maximum absolute atomic E-state index is 13.6. The third kappa shape index (κ3) is 4.59. The largest absolute Gasteiger partial charge is 0.471 e. The Bertz CT molecular complexity index is 935. The molecule has 34 heavy (non-hydrogen) atoms. The Kier molecular flexibility index (Phi) is 6.52. The Morgan fingerprint density at radius 3 is 2.38 bits per heavy atom. The summed E-state index contributed by atoms with van der Waals surface area (Å²) in [6, 6.07) is 7.77. The highest BCUT2D eigenvalue weighted by Crippen LogP contribution is 2.47.